The van der Waals surface area contributed by atoms with Crippen LogP contribution in [0.4, 0.5) is 11.4 Å². The summed E-state index contributed by atoms with van der Waals surface area (Å²) in [5.41, 5.74) is 8.55. The summed E-state index contributed by atoms with van der Waals surface area (Å²) >= 11 is 7.46. The maximum Gasteiger partial charge on any atom is 0.225 e. The van der Waals surface area contributed by atoms with Crippen molar-refractivity contribution in [3.63, 3.8) is 0 Å². The number of amides is 1. The van der Waals surface area contributed by atoms with Crippen molar-refractivity contribution in [2.75, 3.05) is 16.8 Å². The molecule has 0 aromatic heterocycles. The van der Waals surface area contributed by atoms with E-state index in [9.17, 15) is 4.79 Å². The van der Waals surface area contributed by atoms with E-state index in [4.69, 9.17) is 17.3 Å². The second-order valence-corrected chi connectivity index (χ2v) is 6.27. The largest absolute Gasteiger partial charge is 0.398 e. The summed E-state index contributed by atoms with van der Waals surface area (Å²) < 4.78 is 0. The third-order valence-electron chi connectivity index (χ3n) is 2.86. The lowest BCUT2D eigenvalue weighted by atomic mass is 10.2. The fourth-order valence-electron chi connectivity index (χ4n) is 1.84. The number of nitrogens with one attached hydrogen (secondary N) is 1. The van der Waals surface area contributed by atoms with Crippen molar-refractivity contribution in [1.82, 2.24) is 0 Å². The van der Waals surface area contributed by atoms with Gasteiger partial charge in [0.15, 0.2) is 0 Å². The van der Waals surface area contributed by atoms with Gasteiger partial charge in [-0.15, -0.1) is 11.8 Å². The molecule has 0 aliphatic carbocycles. The summed E-state index contributed by atoms with van der Waals surface area (Å²) in [6.45, 7) is 2.00. The smallest absolute Gasteiger partial charge is 0.225 e. The number of carbonyl (C=O) groups is 1. The third kappa shape index (κ3) is 4.99. The van der Waals surface area contributed by atoms with Crippen LogP contribution in [0.1, 0.15) is 12.0 Å². The Labute approximate surface area is 133 Å². The zero-order valence-electron chi connectivity index (χ0n) is 11.7. The number of aryl methyl sites for hydroxylation is 1. The van der Waals surface area contributed by atoms with Gasteiger partial charge in [0, 0.05) is 33.5 Å². The maximum atomic E-state index is 11.9. The van der Waals surface area contributed by atoms with Crippen molar-refractivity contribution in [3.05, 3.63) is 53.1 Å². The molecule has 2 aromatic carbocycles. The molecule has 2 aromatic rings. The molecule has 0 fully saturated rings. The Kier molecular flexibility index (Phi) is 5.53. The molecule has 0 unspecified atom stereocenters. The minimum atomic E-state index is -0.0320. The Morgan fingerprint density at radius 2 is 2.10 bits per heavy atom. The molecule has 5 heteroatoms. The van der Waals surface area contributed by atoms with Crippen molar-refractivity contribution < 1.29 is 4.79 Å². The van der Waals surface area contributed by atoms with E-state index < -0.39 is 0 Å². The molecule has 0 heterocycles. The van der Waals surface area contributed by atoms with Crippen molar-refractivity contribution in [3.8, 4) is 0 Å². The number of carbonyl (C=O) groups excluding carboxylic acids is 1. The number of nitrogen functional groups attached to an aromatic ring is 1. The first-order valence-corrected chi connectivity index (χ1v) is 7.95. The molecule has 3 nitrogen and oxygen atoms in total. The minimum absolute atomic E-state index is 0.0320. The van der Waals surface area contributed by atoms with Crippen LogP contribution in [0.25, 0.3) is 0 Å². The Morgan fingerprint density at radius 1 is 1.29 bits per heavy atom. The van der Waals surface area contributed by atoms with Gasteiger partial charge >= 0.3 is 0 Å². The highest BCUT2D eigenvalue weighted by atomic mass is 35.5. The summed E-state index contributed by atoms with van der Waals surface area (Å²) in [4.78, 5) is 12.9. The van der Waals surface area contributed by atoms with Crippen molar-refractivity contribution in [2.24, 2.45) is 0 Å². The highest BCUT2D eigenvalue weighted by Crippen LogP contribution is 2.26. The predicted molar refractivity (Wildman–Crippen MR) is 91.0 cm³/mol. The van der Waals surface area contributed by atoms with E-state index in [1.807, 2.05) is 31.2 Å². The number of thioether (sulfide) groups is 1. The molecule has 0 aliphatic heterocycles. The monoisotopic (exact) mass is 320 g/mol. The average molecular weight is 321 g/mol. The number of halogens is 1. The summed E-state index contributed by atoms with van der Waals surface area (Å²) in [5.74, 6) is 0.648. The van der Waals surface area contributed by atoms with Gasteiger partial charge in [-0.1, -0.05) is 23.7 Å². The normalized spacial score (nSPS) is 10.4. The highest BCUT2D eigenvalue weighted by Gasteiger charge is 2.05. The van der Waals surface area contributed by atoms with E-state index in [2.05, 4.69) is 5.32 Å². The fraction of sp³-hybridized carbons (Fsp3) is 0.188. The summed E-state index contributed by atoms with van der Waals surface area (Å²) in [5, 5.41) is 3.43. The number of hydrogen-bond donors (Lipinski definition) is 2. The van der Waals surface area contributed by atoms with E-state index in [1.54, 1.807) is 30.0 Å². The highest BCUT2D eigenvalue weighted by molar-refractivity contribution is 7.99. The lowest BCUT2D eigenvalue weighted by Gasteiger charge is -2.07. The zero-order chi connectivity index (χ0) is 15.2. The van der Waals surface area contributed by atoms with Crippen LogP contribution >= 0.6 is 23.4 Å². The van der Waals surface area contributed by atoms with E-state index in [-0.39, 0.29) is 5.91 Å². The Morgan fingerprint density at radius 3 is 2.81 bits per heavy atom. The van der Waals surface area contributed by atoms with Crippen molar-refractivity contribution in [2.45, 2.75) is 18.2 Å². The molecule has 1 amide bonds. The molecule has 0 radical (unpaired) electrons. The van der Waals surface area contributed by atoms with Gasteiger partial charge in [0.25, 0.3) is 0 Å². The molecular formula is C16H17ClN2OS. The molecule has 2 rings (SSSR count). The molecule has 0 atom stereocenters. The number of benzene rings is 2. The van der Waals surface area contributed by atoms with Gasteiger partial charge in [-0.3, -0.25) is 4.79 Å². The van der Waals surface area contributed by atoms with Gasteiger partial charge in [0.05, 0.1) is 0 Å². The second-order valence-electron chi connectivity index (χ2n) is 4.70. The Balaban J connectivity index is 1.81. The topological polar surface area (TPSA) is 55.1 Å². The second kappa shape index (κ2) is 7.38. The number of nitrogens with two attached hydrogens (primary N) is 1. The maximum absolute atomic E-state index is 11.9. The lowest BCUT2D eigenvalue weighted by molar-refractivity contribution is -0.115. The van der Waals surface area contributed by atoms with Gasteiger partial charge in [-0.25, -0.2) is 0 Å². The van der Waals surface area contributed by atoms with Crippen LogP contribution in [-0.4, -0.2) is 11.7 Å². The number of anilines is 2. The van der Waals surface area contributed by atoms with Crippen molar-refractivity contribution in [1.29, 1.82) is 0 Å². The van der Waals surface area contributed by atoms with Crippen LogP contribution in [0.2, 0.25) is 5.02 Å². The van der Waals surface area contributed by atoms with Crippen LogP contribution in [0.15, 0.2) is 47.4 Å². The first-order chi connectivity index (χ1) is 10.0. The minimum Gasteiger partial charge on any atom is -0.398 e. The molecule has 0 saturated heterocycles. The predicted octanol–water partition coefficient (Wildman–Crippen LogP) is 4.35. The van der Waals surface area contributed by atoms with Gasteiger partial charge < -0.3 is 11.1 Å². The molecule has 21 heavy (non-hydrogen) atoms. The molecule has 0 aliphatic rings. The molecule has 3 N–H and O–H groups in total. The fourth-order valence-corrected chi connectivity index (χ4v) is 2.93. The molecule has 110 valence electrons. The third-order valence-corrected chi connectivity index (χ3v) is 4.19. The molecule has 0 bridgehead atoms. The molecular weight excluding hydrogens is 304 g/mol. The SMILES string of the molecule is Cc1ccc(SCCC(=O)Nc2cccc(Cl)c2)c(N)c1. The lowest BCUT2D eigenvalue weighted by Crippen LogP contribution is -2.12. The van der Waals surface area contributed by atoms with Crippen LogP contribution < -0.4 is 11.1 Å². The standard InChI is InChI=1S/C16H17ClN2OS/c1-11-5-6-15(14(18)9-11)21-8-7-16(20)19-13-4-2-3-12(17)10-13/h2-6,9-10H,7-8,18H2,1H3,(H,19,20). The zero-order valence-corrected chi connectivity index (χ0v) is 13.3. The number of rotatable bonds is 5. The van der Waals surface area contributed by atoms with E-state index in [1.165, 1.54) is 0 Å². The summed E-state index contributed by atoms with van der Waals surface area (Å²) in [6, 6.07) is 13.1. The Bertz CT molecular complexity index is 646. The van der Waals surface area contributed by atoms with Crippen LogP contribution in [0, 0.1) is 6.92 Å². The summed E-state index contributed by atoms with van der Waals surface area (Å²) in [7, 11) is 0. The van der Waals surface area contributed by atoms with E-state index in [0.717, 1.165) is 16.1 Å². The van der Waals surface area contributed by atoms with E-state index in [0.29, 0.717) is 22.9 Å². The summed E-state index contributed by atoms with van der Waals surface area (Å²) in [6.07, 6.45) is 0.421. The Hall–Kier alpha value is -1.65. The van der Waals surface area contributed by atoms with Gasteiger partial charge in [0.1, 0.15) is 0 Å². The first kappa shape index (κ1) is 15.7. The molecule has 0 saturated carbocycles. The quantitative estimate of drug-likeness (QED) is 0.636. The van der Waals surface area contributed by atoms with E-state index >= 15 is 0 Å². The first-order valence-electron chi connectivity index (χ1n) is 6.59. The van der Waals surface area contributed by atoms with Crippen molar-refractivity contribution >= 4 is 40.6 Å². The van der Waals surface area contributed by atoms with Crippen LogP contribution in [0.3, 0.4) is 0 Å². The number of hydrogen-bond acceptors (Lipinski definition) is 3. The van der Waals surface area contributed by atoms with Gasteiger partial charge in [0.2, 0.25) is 5.91 Å². The van der Waals surface area contributed by atoms with Crippen LogP contribution in [0.5, 0.6) is 0 Å². The molecule has 0 spiro atoms. The van der Waals surface area contributed by atoms with Gasteiger partial charge in [-0.05, 0) is 42.8 Å². The van der Waals surface area contributed by atoms with Crippen LogP contribution in [-0.2, 0) is 4.79 Å². The average Bonchev–Trinajstić information content (AvgIpc) is 2.41. The van der Waals surface area contributed by atoms with Gasteiger partial charge in [-0.2, -0.15) is 0 Å².